The lowest BCUT2D eigenvalue weighted by molar-refractivity contribution is -0.142. The van der Waals surface area contributed by atoms with Gasteiger partial charge in [0.25, 0.3) is 0 Å². The van der Waals surface area contributed by atoms with Crippen molar-refractivity contribution in [3.63, 3.8) is 0 Å². The second-order valence-electron chi connectivity index (χ2n) is 5.78. The van der Waals surface area contributed by atoms with Crippen LogP contribution in [0.3, 0.4) is 0 Å². The Morgan fingerprint density at radius 2 is 1.96 bits per heavy atom. The number of carbonyl (C=O) groups excluding carboxylic acids is 2. The van der Waals surface area contributed by atoms with Crippen molar-refractivity contribution in [1.29, 1.82) is 0 Å². The first-order valence-electron chi connectivity index (χ1n) is 7.85. The number of rotatable bonds is 4. The molecule has 0 fully saturated rings. The molecule has 2 aromatic rings. The van der Waals surface area contributed by atoms with E-state index in [0.29, 0.717) is 22.8 Å². The molecule has 5 heteroatoms. The molecule has 0 spiro atoms. The molecule has 2 unspecified atom stereocenters. The maximum absolute atomic E-state index is 13.0. The van der Waals surface area contributed by atoms with Crippen molar-refractivity contribution in [1.82, 2.24) is 5.32 Å². The van der Waals surface area contributed by atoms with Crippen LogP contribution in [0.2, 0.25) is 5.02 Å². The van der Waals surface area contributed by atoms with Gasteiger partial charge in [-0.2, -0.15) is 0 Å². The second kappa shape index (κ2) is 6.29. The molecule has 24 heavy (non-hydrogen) atoms. The summed E-state index contributed by atoms with van der Waals surface area (Å²) in [6, 6.07) is 14.3. The van der Waals surface area contributed by atoms with Crippen LogP contribution in [0.5, 0.6) is 5.75 Å². The van der Waals surface area contributed by atoms with Gasteiger partial charge in [0.15, 0.2) is 0 Å². The minimum Gasteiger partial charge on any atom is -0.425 e. The highest BCUT2D eigenvalue weighted by molar-refractivity contribution is 6.30. The molecule has 124 valence electrons. The zero-order valence-corrected chi connectivity index (χ0v) is 14.3. The first-order chi connectivity index (χ1) is 11.6. The van der Waals surface area contributed by atoms with Gasteiger partial charge in [-0.3, -0.25) is 9.59 Å². The molecule has 0 saturated carbocycles. The third-order valence-electron chi connectivity index (χ3n) is 4.61. The quantitative estimate of drug-likeness (QED) is 0.684. The predicted molar refractivity (Wildman–Crippen MR) is 92.2 cm³/mol. The molecule has 0 aliphatic carbocycles. The van der Waals surface area contributed by atoms with Crippen LogP contribution in [0.1, 0.15) is 24.5 Å². The monoisotopic (exact) mass is 343 g/mol. The number of halogens is 1. The summed E-state index contributed by atoms with van der Waals surface area (Å²) >= 11 is 6.18. The molecular weight excluding hydrogens is 326 g/mol. The number of hydrogen-bond donors (Lipinski definition) is 1. The molecule has 0 aromatic heterocycles. The molecule has 1 amide bonds. The molecular formula is C19H18ClNO3. The van der Waals surface area contributed by atoms with Crippen LogP contribution >= 0.6 is 11.6 Å². The molecule has 0 bridgehead atoms. The van der Waals surface area contributed by atoms with Crippen molar-refractivity contribution in [2.75, 3.05) is 7.05 Å². The minimum atomic E-state index is -1.20. The van der Waals surface area contributed by atoms with E-state index < -0.39 is 17.3 Å². The van der Waals surface area contributed by atoms with E-state index in [1.165, 1.54) is 0 Å². The maximum atomic E-state index is 13.0. The third kappa shape index (κ3) is 2.29. The van der Waals surface area contributed by atoms with Crippen LogP contribution in [-0.2, 0) is 15.0 Å². The first kappa shape index (κ1) is 16.5. The fourth-order valence-electron chi connectivity index (χ4n) is 3.56. The first-order valence-corrected chi connectivity index (χ1v) is 8.22. The van der Waals surface area contributed by atoms with Gasteiger partial charge >= 0.3 is 5.97 Å². The maximum Gasteiger partial charge on any atom is 0.327 e. The number of ether oxygens (including phenoxy) is 1. The van der Waals surface area contributed by atoms with Crippen molar-refractivity contribution < 1.29 is 14.3 Å². The van der Waals surface area contributed by atoms with Crippen molar-refractivity contribution in [3.05, 3.63) is 64.7 Å². The Balaban J connectivity index is 2.35. The van der Waals surface area contributed by atoms with Crippen LogP contribution < -0.4 is 10.1 Å². The smallest absolute Gasteiger partial charge is 0.327 e. The number of carbonyl (C=O) groups is 2. The Labute approximate surface area is 145 Å². The molecule has 1 aliphatic rings. The Bertz CT molecular complexity index is 790. The highest BCUT2D eigenvalue weighted by Gasteiger charge is 2.57. The number of esters is 1. The standard InChI is InChI=1S/C19H18ClNO3/c1-3-14(17(22)21-2)19(12-7-5-4-6-8-12)15-11-13(20)9-10-16(15)24-18(19)23/h4-11,14H,3H2,1-2H3,(H,21,22). The molecule has 2 atom stereocenters. The van der Waals surface area contributed by atoms with E-state index in [0.717, 1.165) is 5.56 Å². The van der Waals surface area contributed by atoms with Crippen molar-refractivity contribution in [3.8, 4) is 5.75 Å². The summed E-state index contributed by atoms with van der Waals surface area (Å²) in [7, 11) is 1.57. The number of amides is 1. The summed E-state index contributed by atoms with van der Waals surface area (Å²) in [4.78, 5) is 25.6. The van der Waals surface area contributed by atoms with Crippen molar-refractivity contribution in [2.24, 2.45) is 5.92 Å². The number of benzene rings is 2. The molecule has 1 N–H and O–H groups in total. The average molecular weight is 344 g/mol. The van der Waals surface area contributed by atoms with Gasteiger partial charge in [-0.1, -0.05) is 48.9 Å². The SMILES string of the molecule is CCC(C(=O)NC)C1(c2ccccc2)C(=O)Oc2ccc(Cl)cc21. The average Bonchev–Trinajstić information content (AvgIpc) is 2.89. The zero-order chi connectivity index (χ0) is 17.3. The van der Waals surface area contributed by atoms with E-state index in [9.17, 15) is 9.59 Å². The number of nitrogens with one attached hydrogen (secondary N) is 1. The Kier molecular flexibility index (Phi) is 4.33. The van der Waals surface area contributed by atoms with E-state index in [-0.39, 0.29) is 5.91 Å². The highest BCUT2D eigenvalue weighted by atomic mass is 35.5. The fourth-order valence-corrected chi connectivity index (χ4v) is 3.73. The largest absolute Gasteiger partial charge is 0.425 e. The van der Waals surface area contributed by atoms with E-state index in [4.69, 9.17) is 16.3 Å². The van der Waals surface area contributed by atoms with Gasteiger partial charge in [0.05, 0.1) is 5.92 Å². The summed E-state index contributed by atoms with van der Waals surface area (Å²) < 4.78 is 5.53. The molecule has 1 heterocycles. The van der Waals surface area contributed by atoms with Gasteiger partial charge in [-0.25, -0.2) is 0 Å². The van der Waals surface area contributed by atoms with Crippen molar-refractivity contribution in [2.45, 2.75) is 18.8 Å². The van der Waals surface area contributed by atoms with Gasteiger partial charge in [0.1, 0.15) is 11.2 Å². The summed E-state index contributed by atoms with van der Waals surface area (Å²) in [5.41, 5.74) is 0.171. The lowest BCUT2D eigenvalue weighted by atomic mass is 9.65. The Morgan fingerprint density at radius 1 is 1.25 bits per heavy atom. The van der Waals surface area contributed by atoms with E-state index in [1.54, 1.807) is 25.2 Å². The fraction of sp³-hybridized carbons (Fsp3) is 0.263. The Hall–Kier alpha value is -2.33. The molecule has 0 saturated heterocycles. The van der Waals surface area contributed by atoms with Crippen LogP contribution in [-0.4, -0.2) is 18.9 Å². The van der Waals surface area contributed by atoms with Crippen LogP contribution in [0, 0.1) is 5.92 Å². The summed E-state index contributed by atoms with van der Waals surface area (Å²) in [6.45, 7) is 1.89. The van der Waals surface area contributed by atoms with E-state index >= 15 is 0 Å². The van der Waals surface area contributed by atoms with Crippen molar-refractivity contribution >= 4 is 23.5 Å². The van der Waals surface area contributed by atoms with Gasteiger partial charge in [0, 0.05) is 17.6 Å². The minimum absolute atomic E-state index is 0.203. The van der Waals surface area contributed by atoms with Crippen LogP contribution in [0.4, 0.5) is 0 Å². The zero-order valence-electron chi connectivity index (χ0n) is 13.5. The van der Waals surface area contributed by atoms with Gasteiger partial charge in [-0.15, -0.1) is 0 Å². The Morgan fingerprint density at radius 3 is 2.58 bits per heavy atom. The van der Waals surface area contributed by atoms with Gasteiger partial charge in [-0.05, 0) is 30.2 Å². The topological polar surface area (TPSA) is 55.4 Å². The molecule has 4 nitrogen and oxygen atoms in total. The van der Waals surface area contributed by atoms with E-state index in [1.807, 2.05) is 37.3 Å². The van der Waals surface area contributed by atoms with Crippen LogP contribution in [0.15, 0.2) is 48.5 Å². The summed E-state index contributed by atoms with van der Waals surface area (Å²) in [6.07, 6.45) is 0.482. The second-order valence-corrected chi connectivity index (χ2v) is 6.22. The van der Waals surface area contributed by atoms with E-state index in [2.05, 4.69) is 5.32 Å². The molecule has 2 aromatic carbocycles. The summed E-state index contributed by atoms with van der Waals surface area (Å²) in [5, 5.41) is 3.17. The molecule has 3 rings (SSSR count). The molecule has 0 radical (unpaired) electrons. The summed E-state index contributed by atoms with van der Waals surface area (Å²) in [5.74, 6) is -0.791. The third-order valence-corrected chi connectivity index (χ3v) is 4.85. The highest BCUT2D eigenvalue weighted by Crippen LogP contribution is 2.50. The molecule has 1 aliphatic heterocycles. The number of fused-ring (bicyclic) bond motifs is 1. The normalized spacial score (nSPS) is 20.2. The lowest BCUT2D eigenvalue weighted by Gasteiger charge is -2.33. The van der Waals surface area contributed by atoms with Gasteiger partial charge < -0.3 is 10.1 Å². The van der Waals surface area contributed by atoms with Gasteiger partial charge in [0.2, 0.25) is 5.91 Å². The predicted octanol–water partition coefficient (Wildman–Crippen LogP) is 3.32. The number of hydrogen-bond acceptors (Lipinski definition) is 3. The van der Waals surface area contributed by atoms with Crippen LogP contribution in [0.25, 0.3) is 0 Å². The lowest BCUT2D eigenvalue weighted by Crippen LogP contribution is -2.48.